The fourth-order valence-electron chi connectivity index (χ4n) is 4.31. The molecule has 0 aromatic rings. The monoisotopic (exact) mass is 292 g/mol. The molecule has 1 aliphatic heterocycles. The predicted molar refractivity (Wildman–Crippen MR) is 68.6 cm³/mol. The summed E-state index contributed by atoms with van der Waals surface area (Å²) in [6.07, 6.45) is 1.83. The van der Waals surface area contributed by atoms with Crippen molar-refractivity contribution in [1.82, 2.24) is 0 Å². The average molecular weight is 292 g/mol. The molecule has 1 aliphatic carbocycles. The summed E-state index contributed by atoms with van der Waals surface area (Å²) in [5.74, 6) is -0.733. The quantitative estimate of drug-likeness (QED) is 0.579. The van der Waals surface area contributed by atoms with E-state index in [4.69, 9.17) is 4.74 Å². The second-order valence-electron chi connectivity index (χ2n) is 7.08. The Hall–Kier alpha value is -0.650. The van der Waals surface area contributed by atoms with Crippen LogP contribution in [0.3, 0.4) is 0 Å². The van der Waals surface area contributed by atoms with Gasteiger partial charge in [0.25, 0.3) is 0 Å². The lowest BCUT2D eigenvalue weighted by molar-refractivity contribution is -0.141. The third-order valence-corrected chi connectivity index (χ3v) is 4.99. The van der Waals surface area contributed by atoms with Crippen LogP contribution in [0, 0.1) is 16.7 Å². The number of carbonyl (C=O) groups is 1. The van der Waals surface area contributed by atoms with Crippen molar-refractivity contribution in [1.29, 1.82) is 0 Å². The third-order valence-electron chi connectivity index (χ3n) is 4.29. The highest BCUT2D eigenvalue weighted by Crippen LogP contribution is 2.55. The van der Waals surface area contributed by atoms with Crippen LogP contribution in [0.5, 0.6) is 0 Å². The molecule has 0 amide bonds. The van der Waals surface area contributed by atoms with Gasteiger partial charge in [0.05, 0.1) is 6.42 Å². The van der Waals surface area contributed by atoms with E-state index in [0.29, 0.717) is 12.3 Å². The van der Waals surface area contributed by atoms with E-state index in [9.17, 15) is 17.1 Å². The number of rotatable bonds is 2. The molecule has 1 saturated heterocycles. The van der Waals surface area contributed by atoms with Gasteiger partial charge in [0.1, 0.15) is 11.9 Å². The first-order valence-electron chi connectivity index (χ1n) is 6.63. The number of cyclic esters (lactones) is 1. The van der Waals surface area contributed by atoms with Gasteiger partial charge in [-0.15, -0.1) is 3.89 Å². The lowest BCUT2D eigenvalue weighted by Gasteiger charge is -2.46. The summed E-state index contributed by atoms with van der Waals surface area (Å²) in [4.78, 5) is 11.6. The fourth-order valence-corrected chi connectivity index (χ4v) is 5.09. The van der Waals surface area contributed by atoms with E-state index in [1.54, 1.807) is 0 Å². The molecule has 0 aromatic heterocycles. The minimum atomic E-state index is -4.64. The molecule has 0 radical (unpaired) electrons. The zero-order valence-electron chi connectivity index (χ0n) is 11.6. The highest BCUT2D eigenvalue weighted by Gasteiger charge is 2.55. The predicted octanol–water partition coefficient (Wildman–Crippen LogP) is 2.43. The Morgan fingerprint density at radius 3 is 2.53 bits per heavy atom. The number of carbonyl (C=O) groups excluding carboxylic acids is 1. The first kappa shape index (κ1) is 14.8. The van der Waals surface area contributed by atoms with Crippen LogP contribution in [0.25, 0.3) is 0 Å². The largest absolute Gasteiger partial charge is 0.461 e. The summed E-state index contributed by atoms with van der Waals surface area (Å²) in [5, 5.41) is 0. The van der Waals surface area contributed by atoms with Crippen LogP contribution >= 0.6 is 0 Å². The number of esters is 1. The summed E-state index contributed by atoms with van der Waals surface area (Å²) in [7, 11) is -4.64. The van der Waals surface area contributed by atoms with Crippen molar-refractivity contribution in [3.8, 4) is 0 Å². The van der Waals surface area contributed by atoms with Gasteiger partial charge in [-0.05, 0) is 30.6 Å². The Balaban J connectivity index is 2.30. The zero-order valence-corrected chi connectivity index (χ0v) is 12.4. The zero-order chi connectivity index (χ0) is 14.5. The number of ether oxygens (including phenoxy) is 1. The van der Waals surface area contributed by atoms with Crippen molar-refractivity contribution in [2.24, 2.45) is 16.7 Å². The van der Waals surface area contributed by atoms with Crippen LogP contribution < -0.4 is 0 Å². The van der Waals surface area contributed by atoms with Crippen LogP contribution in [0.4, 0.5) is 3.89 Å². The van der Waals surface area contributed by atoms with Gasteiger partial charge in [-0.3, -0.25) is 4.79 Å². The topological polar surface area (TPSA) is 60.4 Å². The van der Waals surface area contributed by atoms with Crippen molar-refractivity contribution < 1.29 is 21.8 Å². The van der Waals surface area contributed by atoms with Crippen molar-refractivity contribution in [3.63, 3.8) is 0 Å². The molecular weight excluding hydrogens is 271 g/mol. The molecule has 3 atom stereocenters. The van der Waals surface area contributed by atoms with Crippen LogP contribution in [0.2, 0.25) is 0 Å². The van der Waals surface area contributed by atoms with Crippen molar-refractivity contribution in [3.05, 3.63) is 0 Å². The lowest BCUT2D eigenvalue weighted by atomic mass is 9.58. The molecule has 2 rings (SSSR count). The van der Waals surface area contributed by atoms with Gasteiger partial charge in [-0.25, -0.2) is 0 Å². The highest BCUT2D eigenvalue weighted by molar-refractivity contribution is 7.86. The van der Waals surface area contributed by atoms with Crippen LogP contribution in [0.15, 0.2) is 0 Å². The minimum absolute atomic E-state index is 0.0178. The Bertz CT molecular complexity index is 485. The van der Waals surface area contributed by atoms with Crippen LogP contribution in [-0.2, 0) is 19.8 Å². The molecule has 110 valence electrons. The van der Waals surface area contributed by atoms with Crippen LogP contribution in [-0.4, -0.2) is 26.2 Å². The molecule has 2 fully saturated rings. The molecule has 0 aromatic carbocycles. The smallest absolute Gasteiger partial charge is 0.306 e. The second-order valence-corrected chi connectivity index (χ2v) is 8.49. The molecule has 19 heavy (non-hydrogen) atoms. The summed E-state index contributed by atoms with van der Waals surface area (Å²) in [5.41, 5.74) is -0.499. The number of halogens is 1. The summed E-state index contributed by atoms with van der Waals surface area (Å²) in [6.45, 7) is 6.30. The molecule has 0 N–H and O–H groups in total. The van der Waals surface area contributed by atoms with E-state index >= 15 is 0 Å². The number of hydrogen-bond donors (Lipinski definition) is 0. The Morgan fingerprint density at radius 1 is 1.37 bits per heavy atom. The van der Waals surface area contributed by atoms with Gasteiger partial charge in [0, 0.05) is 5.41 Å². The summed E-state index contributed by atoms with van der Waals surface area (Å²) in [6, 6.07) is 0. The fraction of sp³-hybridized carbons (Fsp3) is 0.923. The Morgan fingerprint density at radius 2 is 2.00 bits per heavy atom. The molecule has 0 bridgehead atoms. The van der Waals surface area contributed by atoms with Crippen molar-refractivity contribution in [2.75, 3.05) is 5.75 Å². The second kappa shape index (κ2) is 4.43. The molecule has 3 unspecified atom stereocenters. The van der Waals surface area contributed by atoms with Gasteiger partial charge < -0.3 is 4.74 Å². The lowest BCUT2D eigenvalue weighted by Crippen LogP contribution is -2.44. The molecule has 1 saturated carbocycles. The van der Waals surface area contributed by atoms with Gasteiger partial charge in [0.15, 0.2) is 0 Å². The Kier molecular flexibility index (Phi) is 3.44. The number of hydrogen-bond acceptors (Lipinski definition) is 4. The van der Waals surface area contributed by atoms with E-state index in [1.807, 2.05) is 0 Å². The van der Waals surface area contributed by atoms with Gasteiger partial charge in [0.2, 0.25) is 0 Å². The average Bonchev–Trinajstić information content (AvgIpc) is 2.34. The summed E-state index contributed by atoms with van der Waals surface area (Å²) >= 11 is 0. The SMILES string of the molecule is CC1CC(C)(C)CC2(CC(=O)OC2CS(=O)(=O)F)C1. The first-order valence-corrected chi connectivity index (χ1v) is 8.18. The maximum Gasteiger partial charge on any atom is 0.306 e. The standard InChI is InChI=1S/C13H21FO4S/c1-9-4-12(2,3)8-13(5-9)6-11(15)18-10(13)7-19(14,16)17/h9-10H,4-8H2,1-3H3. The van der Waals surface area contributed by atoms with E-state index in [2.05, 4.69) is 20.8 Å². The van der Waals surface area contributed by atoms with E-state index in [-0.39, 0.29) is 11.8 Å². The van der Waals surface area contributed by atoms with E-state index < -0.39 is 33.5 Å². The molecule has 1 heterocycles. The van der Waals surface area contributed by atoms with Crippen molar-refractivity contribution >= 4 is 16.2 Å². The molecule has 4 nitrogen and oxygen atoms in total. The third kappa shape index (κ3) is 3.27. The molecular formula is C13H21FO4S. The first-order chi connectivity index (χ1) is 8.51. The Labute approximate surface area is 113 Å². The highest BCUT2D eigenvalue weighted by atomic mass is 32.3. The maximum atomic E-state index is 13.0. The maximum absolute atomic E-state index is 13.0. The normalized spacial score (nSPS) is 38.4. The van der Waals surface area contributed by atoms with Crippen molar-refractivity contribution in [2.45, 2.75) is 52.6 Å². The van der Waals surface area contributed by atoms with Gasteiger partial charge in [-0.2, -0.15) is 8.42 Å². The van der Waals surface area contributed by atoms with Crippen LogP contribution in [0.1, 0.15) is 46.5 Å². The minimum Gasteiger partial charge on any atom is -0.461 e. The molecule has 6 heteroatoms. The molecule has 2 aliphatic rings. The van der Waals surface area contributed by atoms with Gasteiger partial charge >= 0.3 is 16.2 Å². The van der Waals surface area contributed by atoms with E-state index in [0.717, 1.165) is 12.8 Å². The van der Waals surface area contributed by atoms with E-state index in [1.165, 1.54) is 0 Å². The summed E-state index contributed by atoms with van der Waals surface area (Å²) < 4.78 is 39.9. The molecule has 1 spiro atoms. The van der Waals surface area contributed by atoms with Gasteiger partial charge in [-0.1, -0.05) is 20.8 Å².